The van der Waals surface area contributed by atoms with E-state index in [1.54, 1.807) is 17.5 Å². The van der Waals surface area contributed by atoms with Crippen molar-refractivity contribution in [3.05, 3.63) is 45.7 Å². The Balaban J connectivity index is 2.36. The summed E-state index contributed by atoms with van der Waals surface area (Å²) in [6, 6.07) is 5.98. The molecule has 2 rings (SSSR count). The molecule has 1 atom stereocenters. The number of aromatic nitrogens is 2. The highest BCUT2D eigenvalue weighted by Crippen LogP contribution is 2.26. The van der Waals surface area contributed by atoms with Gasteiger partial charge in [-0.25, -0.2) is 15.4 Å². The van der Waals surface area contributed by atoms with Crippen LogP contribution in [0.2, 0.25) is 0 Å². The van der Waals surface area contributed by atoms with E-state index in [1.165, 1.54) is 4.88 Å². The second-order valence-electron chi connectivity index (χ2n) is 3.58. The largest absolute Gasteiger partial charge is 0.270 e. The van der Waals surface area contributed by atoms with Crippen molar-refractivity contribution >= 4 is 11.3 Å². The standard InChI is InChI=1S/C11H14N4S/c1-7-3-4-10(16-7)11(15-12)9-5-6-13-8(2)14-9/h3-6,11,15H,12H2,1-2H3. The lowest BCUT2D eigenvalue weighted by atomic mass is 10.2. The summed E-state index contributed by atoms with van der Waals surface area (Å²) >= 11 is 1.72. The molecule has 5 heteroatoms. The topological polar surface area (TPSA) is 63.8 Å². The molecular weight excluding hydrogens is 220 g/mol. The minimum absolute atomic E-state index is 0.0552. The van der Waals surface area contributed by atoms with E-state index in [4.69, 9.17) is 5.84 Å². The molecule has 0 saturated carbocycles. The molecule has 0 spiro atoms. The third-order valence-electron chi connectivity index (χ3n) is 2.31. The number of nitrogens with zero attached hydrogens (tertiary/aromatic N) is 2. The summed E-state index contributed by atoms with van der Waals surface area (Å²) in [6.45, 7) is 3.95. The molecular formula is C11H14N4S. The third kappa shape index (κ3) is 2.27. The van der Waals surface area contributed by atoms with Gasteiger partial charge in [0.05, 0.1) is 11.7 Å². The molecule has 2 aromatic heterocycles. The zero-order valence-electron chi connectivity index (χ0n) is 9.27. The van der Waals surface area contributed by atoms with E-state index in [0.29, 0.717) is 0 Å². The smallest absolute Gasteiger partial charge is 0.125 e. The Bertz CT molecular complexity index is 480. The van der Waals surface area contributed by atoms with Gasteiger partial charge in [0.25, 0.3) is 0 Å². The van der Waals surface area contributed by atoms with Gasteiger partial charge in [0, 0.05) is 16.0 Å². The minimum atomic E-state index is -0.0552. The van der Waals surface area contributed by atoms with E-state index in [1.807, 2.05) is 13.0 Å². The van der Waals surface area contributed by atoms with E-state index in [0.717, 1.165) is 16.4 Å². The molecule has 16 heavy (non-hydrogen) atoms. The summed E-state index contributed by atoms with van der Waals surface area (Å²) in [5.41, 5.74) is 3.70. The highest BCUT2D eigenvalue weighted by molar-refractivity contribution is 7.12. The van der Waals surface area contributed by atoms with Gasteiger partial charge in [-0.15, -0.1) is 11.3 Å². The molecule has 0 fully saturated rings. The molecule has 1 unspecified atom stereocenters. The highest BCUT2D eigenvalue weighted by Gasteiger charge is 2.15. The van der Waals surface area contributed by atoms with Crippen molar-refractivity contribution in [3.63, 3.8) is 0 Å². The monoisotopic (exact) mass is 234 g/mol. The van der Waals surface area contributed by atoms with Crippen LogP contribution in [0, 0.1) is 13.8 Å². The predicted molar refractivity (Wildman–Crippen MR) is 65.0 cm³/mol. The van der Waals surface area contributed by atoms with Crippen LogP contribution in [-0.4, -0.2) is 9.97 Å². The van der Waals surface area contributed by atoms with Crippen molar-refractivity contribution in [2.24, 2.45) is 5.84 Å². The van der Waals surface area contributed by atoms with Gasteiger partial charge >= 0.3 is 0 Å². The van der Waals surface area contributed by atoms with Crippen LogP contribution >= 0.6 is 11.3 Å². The van der Waals surface area contributed by atoms with Crippen molar-refractivity contribution in [1.82, 2.24) is 15.4 Å². The summed E-state index contributed by atoms with van der Waals surface area (Å²) in [5.74, 6) is 6.35. The van der Waals surface area contributed by atoms with Crippen LogP contribution in [0.3, 0.4) is 0 Å². The lowest BCUT2D eigenvalue weighted by Crippen LogP contribution is -2.29. The van der Waals surface area contributed by atoms with Gasteiger partial charge in [-0.1, -0.05) is 0 Å². The second-order valence-corrected chi connectivity index (χ2v) is 4.90. The van der Waals surface area contributed by atoms with E-state index in [2.05, 4.69) is 34.5 Å². The molecule has 2 heterocycles. The van der Waals surface area contributed by atoms with Crippen LogP contribution in [0.25, 0.3) is 0 Å². The number of hydrogen-bond donors (Lipinski definition) is 2. The molecule has 0 aliphatic carbocycles. The fraction of sp³-hybridized carbons (Fsp3) is 0.273. The summed E-state index contributed by atoms with van der Waals surface area (Å²) in [6.07, 6.45) is 1.75. The maximum absolute atomic E-state index is 5.59. The van der Waals surface area contributed by atoms with Gasteiger partial charge in [0.1, 0.15) is 5.82 Å². The molecule has 0 radical (unpaired) electrons. The highest BCUT2D eigenvalue weighted by atomic mass is 32.1. The minimum Gasteiger partial charge on any atom is -0.270 e. The van der Waals surface area contributed by atoms with Crippen molar-refractivity contribution < 1.29 is 0 Å². The van der Waals surface area contributed by atoms with Crippen LogP contribution in [0.1, 0.15) is 27.3 Å². The van der Waals surface area contributed by atoms with Gasteiger partial charge in [0.2, 0.25) is 0 Å². The van der Waals surface area contributed by atoms with Gasteiger partial charge < -0.3 is 0 Å². The number of hydrazine groups is 1. The van der Waals surface area contributed by atoms with Crippen LogP contribution in [0.4, 0.5) is 0 Å². The first-order valence-corrected chi connectivity index (χ1v) is 5.84. The number of thiophene rings is 1. The van der Waals surface area contributed by atoms with Crippen molar-refractivity contribution in [1.29, 1.82) is 0 Å². The van der Waals surface area contributed by atoms with Gasteiger partial charge in [-0.05, 0) is 32.0 Å². The first kappa shape index (κ1) is 11.2. The Morgan fingerprint density at radius 1 is 1.31 bits per heavy atom. The number of nitrogens with one attached hydrogen (secondary N) is 1. The maximum Gasteiger partial charge on any atom is 0.125 e. The first-order valence-electron chi connectivity index (χ1n) is 5.02. The van der Waals surface area contributed by atoms with Gasteiger partial charge in [-0.3, -0.25) is 5.84 Å². The summed E-state index contributed by atoms with van der Waals surface area (Å²) in [7, 11) is 0. The van der Waals surface area contributed by atoms with E-state index in [-0.39, 0.29) is 6.04 Å². The maximum atomic E-state index is 5.59. The molecule has 0 amide bonds. The lowest BCUT2D eigenvalue weighted by Gasteiger charge is -2.13. The van der Waals surface area contributed by atoms with Crippen LogP contribution in [0.5, 0.6) is 0 Å². The average molecular weight is 234 g/mol. The van der Waals surface area contributed by atoms with Crippen molar-refractivity contribution in [3.8, 4) is 0 Å². The Labute approximate surface area is 98.5 Å². The SMILES string of the molecule is Cc1nccc(C(NN)c2ccc(C)s2)n1. The summed E-state index contributed by atoms with van der Waals surface area (Å²) in [4.78, 5) is 10.9. The Morgan fingerprint density at radius 3 is 2.69 bits per heavy atom. The zero-order valence-corrected chi connectivity index (χ0v) is 10.1. The quantitative estimate of drug-likeness (QED) is 0.627. The Kier molecular flexibility index (Phi) is 3.28. The van der Waals surface area contributed by atoms with Crippen LogP contribution in [0.15, 0.2) is 24.4 Å². The normalized spacial score (nSPS) is 12.7. The fourth-order valence-electron chi connectivity index (χ4n) is 1.56. The van der Waals surface area contributed by atoms with Crippen molar-refractivity contribution in [2.45, 2.75) is 19.9 Å². The number of hydrogen-bond acceptors (Lipinski definition) is 5. The average Bonchev–Trinajstić information content (AvgIpc) is 2.66. The molecule has 0 aliphatic rings. The molecule has 84 valence electrons. The van der Waals surface area contributed by atoms with Crippen LogP contribution in [-0.2, 0) is 0 Å². The fourth-order valence-corrected chi connectivity index (χ4v) is 2.51. The summed E-state index contributed by atoms with van der Waals surface area (Å²) in [5, 5.41) is 0. The molecule has 2 aromatic rings. The van der Waals surface area contributed by atoms with E-state index in [9.17, 15) is 0 Å². The van der Waals surface area contributed by atoms with E-state index >= 15 is 0 Å². The third-order valence-corrected chi connectivity index (χ3v) is 3.37. The van der Waals surface area contributed by atoms with Gasteiger partial charge in [0.15, 0.2) is 0 Å². The molecule has 0 aliphatic heterocycles. The molecule has 4 nitrogen and oxygen atoms in total. The van der Waals surface area contributed by atoms with Crippen molar-refractivity contribution in [2.75, 3.05) is 0 Å². The number of aryl methyl sites for hydroxylation is 2. The zero-order chi connectivity index (χ0) is 11.5. The molecule has 0 saturated heterocycles. The van der Waals surface area contributed by atoms with E-state index < -0.39 is 0 Å². The first-order chi connectivity index (χ1) is 7.70. The number of nitrogens with two attached hydrogens (primary N) is 1. The second kappa shape index (κ2) is 4.69. The molecule has 3 N–H and O–H groups in total. The lowest BCUT2D eigenvalue weighted by molar-refractivity contribution is 0.625. The Morgan fingerprint density at radius 2 is 2.12 bits per heavy atom. The molecule has 0 aromatic carbocycles. The molecule has 0 bridgehead atoms. The summed E-state index contributed by atoms with van der Waals surface area (Å²) < 4.78 is 0. The predicted octanol–water partition coefficient (Wildman–Crippen LogP) is 1.71. The number of rotatable bonds is 3. The van der Waals surface area contributed by atoms with Gasteiger partial charge in [-0.2, -0.15) is 0 Å². The van der Waals surface area contributed by atoms with Crippen LogP contribution < -0.4 is 11.3 Å². The Hall–Kier alpha value is -1.30.